The summed E-state index contributed by atoms with van der Waals surface area (Å²) in [4.78, 5) is 15.2. The number of halogens is 2. The summed E-state index contributed by atoms with van der Waals surface area (Å²) in [5, 5.41) is 3.03. The minimum atomic E-state index is -3.27. The molecule has 32 heavy (non-hydrogen) atoms. The highest BCUT2D eigenvalue weighted by Crippen LogP contribution is 2.42. The van der Waals surface area contributed by atoms with Crippen LogP contribution in [0.5, 0.6) is 0 Å². The Balaban J connectivity index is 1.76. The van der Waals surface area contributed by atoms with Crippen molar-refractivity contribution in [2.24, 2.45) is 0 Å². The van der Waals surface area contributed by atoms with Crippen molar-refractivity contribution in [3.8, 4) is 0 Å². The van der Waals surface area contributed by atoms with Crippen molar-refractivity contribution in [2.45, 2.75) is 64.8 Å². The SMILES string of the molecule is CCS(=O)(=O)N1CCN(C2(CNC(=O)c3c(C)cc(C)cc3C)CCC(F)(F)CC2)CC1. The third kappa shape index (κ3) is 5.31. The molecule has 1 saturated heterocycles. The number of nitrogens with one attached hydrogen (secondary N) is 1. The van der Waals surface area contributed by atoms with Gasteiger partial charge < -0.3 is 5.32 Å². The Labute approximate surface area is 190 Å². The zero-order valence-electron chi connectivity index (χ0n) is 19.5. The Morgan fingerprint density at radius 3 is 2.03 bits per heavy atom. The summed E-state index contributed by atoms with van der Waals surface area (Å²) < 4.78 is 53.9. The Kier molecular flexibility index (Phi) is 7.32. The van der Waals surface area contributed by atoms with E-state index in [0.717, 1.165) is 16.7 Å². The van der Waals surface area contributed by atoms with E-state index in [0.29, 0.717) is 31.7 Å². The van der Waals surface area contributed by atoms with E-state index in [2.05, 4.69) is 10.2 Å². The first kappa shape index (κ1) is 25.1. The summed E-state index contributed by atoms with van der Waals surface area (Å²) in [6.45, 7) is 9.32. The number of sulfonamides is 1. The van der Waals surface area contributed by atoms with Gasteiger partial charge in [-0.05, 0) is 51.7 Å². The van der Waals surface area contributed by atoms with Gasteiger partial charge in [0.05, 0.1) is 5.75 Å². The second kappa shape index (κ2) is 9.35. The normalized spacial score (nSPS) is 21.9. The van der Waals surface area contributed by atoms with E-state index in [1.54, 1.807) is 6.92 Å². The van der Waals surface area contributed by atoms with Crippen LogP contribution in [-0.4, -0.2) is 73.5 Å². The molecule has 1 aromatic rings. The van der Waals surface area contributed by atoms with Gasteiger partial charge in [0, 0.05) is 56.7 Å². The number of alkyl halides is 2. The molecule has 1 aliphatic heterocycles. The van der Waals surface area contributed by atoms with Gasteiger partial charge in [0.2, 0.25) is 15.9 Å². The molecule has 0 aromatic heterocycles. The maximum Gasteiger partial charge on any atom is 0.251 e. The Morgan fingerprint density at radius 2 is 1.53 bits per heavy atom. The highest BCUT2D eigenvalue weighted by Gasteiger charge is 2.47. The number of hydrogen-bond acceptors (Lipinski definition) is 4. The lowest BCUT2D eigenvalue weighted by atomic mass is 9.78. The number of benzene rings is 1. The molecule has 0 atom stereocenters. The smallest absolute Gasteiger partial charge is 0.251 e. The monoisotopic (exact) mass is 471 g/mol. The number of aryl methyl sites for hydroxylation is 3. The summed E-state index contributed by atoms with van der Waals surface area (Å²) in [7, 11) is -3.27. The summed E-state index contributed by atoms with van der Waals surface area (Å²) in [5.41, 5.74) is 2.91. The molecular formula is C23H35F2N3O3S. The number of amides is 1. The van der Waals surface area contributed by atoms with Crippen molar-refractivity contribution >= 4 is 15.9 Å². The number of hydrogen-bond donors (Lipinski definition) is 1. The van der Waals surface area contributed by atoms with E-state index < -0.39 is 21.5 Å². The molecule has 1 aliphatic carbocycles. The predicted octanol–water partition coefficient (Wildman–Crippen LogP) is 3.26. The van der Waals surface area contributed by atoms with Crippen LogP contribution in [0, 0.1) is 20.8 Å². The van der Waals surface area contributed by atoms with E-state index in [4.69, 9.17) is 0 Å². The average Bonchev–Trinajstić information content (AvgIpc) is 2.73. The van der Waals surface area contributed by atoms with Crippen LogP contribution >= 0.6 is 0 Å². The zero-order valence-corrected chi connectivity index (χ0v) is 20.3. The first-order chi connectivity index (χ1) is 14.9. The molecule has 2 aliphatic rings. The fraction of sp³-hybridized carbons (Fsp3) is 0.696. The quantitative estimate of drug-likeness (QED) is 0.692. The largest absolute Gasteiger partial charge is 0.350 e. The molecule has 1 amide bonds. The van der Waals surface area contributed by atoms with Gasteiger partial charge in [-0.15, -0.1) is 0 Å². The van der Waals surface area contributed by atoms with Gasteiger partial charge in [0.15, 0.2) is 0 Å². The second-order valence-electron chi connectivity index (χ2n) is 9.32. The number of rotatable bonds is 6. The first-order valence-electron chi connectivity index (χ1n) is 11.4. The standard InChI is InChI=1S/C23H35F2N3O3S/c1-5-32(30,31)28-12-10-27(11-13-28)22(6-8-23(24,25)9-7-22)16-26-21(29)20-18(3)14-17(2)15-19(20)4/h14-15H,5-13,16H2,1-4H3,(H,26,29). The maximum absolute atomic E-state index is 14.0. The molecular weight excluding hydrogens is 436 g/mol. The molecule has 1 heterocycles. The molecule has 3 rings (SSSR count). The van der Waals surface area contributed by atoms with Crippen molar-refractivity contribution in [2.75, 3.05) is 38.5 Å². The molecule has 1 saturated carbocycles. The van der Waals surface area contributed by atoms with Crippen molar-refractivity contribution in [3.63, 3.8) is 0 Å². The number of carbonyl (C=O) groups excluding carboxylic acids is 1. The molecule has 1 aromatic carbocycles. The van der Waals surface area contributed by atoms with Gasteiger partial charge in [0.1, 0.15) is 0 Å². The zero-order chi connectivity index (χ0) is 23.7. The van der Waals surface area contributed by atoms with Gasteiger partial charge in [0.25, 0.3) is 5.91 Å². The lowest BCUT2D eigenvalue weighted by Gasteiger charge is -2.50. The highest BCUT2D eigenvalue weighted by atomic mass is 32.2. The van der Waals surface area contributed by atoms with Crippen molar-refractivity contribution in [3.05, 3.63) is 34.4 Å². The number of piperazine rings is 1. The Morgan fingerprint density at radius 1 is 1.00 bits per heavy atom. The summed E-state index contributed by atoms with van der Waals surface area (Å²) in [6, 6.07) is 3.93. The lowest BCUT2D eigenvalue weighted by Crippen LogP contribution is -2.63. The van der Waals surface area contributed by atoms with E-state index in [1.165, 1.54) is 4.31 Å². The van der Waals surface area contributed by atoms with Crippen LogP contribution in [0.15, 0.2) is 12.1 Å². The van der Waals surface area contributed by atoms with Crippen LogP contribution in [-0.2, 0) is 10.0 Å². The minimum Gasteiger partial charge on any atom is -0.350 e. The van der Waals surface area contributed by atoms with Crippen molar-refractivity contribution in [1.29, 1.82) is 0 Å². The van der Waals surface area contributed by atoms with Gasteiger partial charge in [-0.2, -0.15) is 4.31 Å². The van der Waals surface area contributed by atoms with Crippen LogP contribution in [0.4, 0.5) is 8.78 Å². The van der Waals surface area contributed by atoms with Crippen LogP contribution in [0.3, 0.4) is 0 Å². The molecule has 180 valence electrons. The predicted molar refractivity (Wildman–Crippen MR) is 122 cm³/mol. The van der Waals surface area contributed by atoms with Crippen LogP contribution < -0.4 is 5.32 Å². The number of nitrogens with zero attached hydrogens (tertiary/aromatic N) is 2. The highest BCUT2D eigenvalue weighted by molar-refractivity contribution is 7.89. The molecule has 6 nitrogen and oxygen atoms in total. The molecule has 1 N–H and O–H groups in total. The van der Waals surface area contributed by atoms with E-state index in [-0.39, 0.29) is 43.9 Å². The molecule has 2 fully saturated rings. The first-order valence-corrected chi connectivity index (χ1v) is 13.0. The second-order valence-corrected chi connectivity index (χ2v) is 11.6. The molecule has 9 heteroatoms. The van der Waals surface area contributed by atoms with Gasteiger partial charge in [-0.25, -0.2) is 17.2 Å². The maximum atomic E-state index is 14.0. The van der Waals surface area contributed by atoms with Crippen molar-refractivity contribution in [1.82, 2.24) is 14.5 Å². The van der Waals surface area contributed by atoms with E-state index >= 15 is 0 Å². The van der Waals surface area contributed by atoms with E-state index in [9.17, 15) is 22.0 Å². The topological polar surface area (TPSA) is 69.7 Å². The Bertz CT molecular complexity index is 924. The van der Waals surface area contributed by atoms with E-state index in [1.807, 2.05) is 32.9 Å². The third-order valence-corrected chi connectivity index (χ3v) is 8.94. The molecule has 0 spiro atoms. The van der Waals surface area contributed by atoms with Crippen LogP contribution in [0.1, 0.15) is 59.7 Å². The molecule has 0 radical (unpaired) electrons. The fourth-order valence-corrected chi connectivity index (χ4v) is 6.27. The fourth-order valence-electron chi connectivity index (χ4n) is 5.18. The minimum absolute atomic E-state index is 0.0513. The number of carbonyl (C=O) groups is 1. The lowest BCUT2D eigenvalue weighted by molar-refractivity contribution is -0.0856. The summed E-state index contributed by atoms with van der Waals surface area (Å²) in [5.74, 6) is -2.83. The van der Waals surface area contributed by atoms with Crippen LogP contribution in [0.25, 0.3) is 0 Å². The van der Waals surface area contributed by atoms with Gasteiger partial charge in [-0.1, -0.05) is 17.7 Å². The molecule has 0 unspecified atom stereocenters. The third-order valence-electron chi connectivity index (χ3n) is 7.06. The summed E-state index contributed by atoms with van der Waals surface area (Å²) in [6.07, 6.45) is 0.0944. The Hall–Kier alpha value is -1.58. The average molecular weight is 472 g/mol. The van der Waals surface area contributed by atoms with Crippen molar-refractivity contribution < 1.29 is 22.0 Å². The summed E-state index contributed by atoms with van der Waals surface area (Å²) >= 11 is 0. The molecule has 0 bridgehead atoms. The van der Waals surface area contributed by atoms with Gasteiger partial charge in [-0.3, -0.25) is 9.69 Å². The van der Waals surface area contributed by atoms with Crippen LogP contribution in [0.2, 0.25) is 0 Å². The van der Waals surface area contributed by atoms with Gasteiger partial charge >= 0.3 is 0 Å².